The van der Waals surface area contributed by atoms with E-state index in [1.54, 1.807) is 13.2 Å². The van der Waals surface area contributed by atoms with Crippen molar-refractivity contribution in [3.05, 3.63) is 35.6 Å². The first kappa shape index (κ1) is 18.5. The molecular weight excluding hydrogens is 330 g/mol. The molecule has 3 atom stereocenters. The molecule has 26 heavy (non-hydrogen) atoms. The number of aryl methyl sites for hydroxylation is 1. The van der Waals surface area contributed by atoms with Crippen LogP contribution < -0.4 is 5.32 Å². The second-order valence-corrected chi connectivity index (χ2v) is 7.45. The highest BCUT2D eigenvalue weighted by molar-refractivity contribution is 5.88. The topological polar surface area (TPSA) is 68.5 Å². The quantitative estimate of drug-likeness (QED) is 0.824. The van der Waals surface area contributed by atoms with Crippen LogP contribution in [-0.2, 0) is 20.7 Å². The number of fused-ring (bicyclic) bond motifs is 1. The third-order valence-electron chi connectivity index (χ3n) is 5.26. The molecule has 1 aliphatic rings. The van der Waals surface area contributed by atoms with Gasteiger partial charge in [-0.2, -0.15) is 0 Å². The number of carbonyl (C=O) groups excluding carboxylic acids is 2. The van der Waals surface area contributed by atoms with Gasteiger partial charge < -0.3 is 14.5 Å². The van der Waals surface area contributed by atoms with Crippen LogP contribution in [0.1, 0.15) is 50.7 Å². The Labute approximate surface area is 154 Å². The Bertz CT molecular complexity index is 794. The fourth-order valence-corrected chi connectivity index (χ4v) is 3.61. The van der Waals surface area contributed by atoms with Gasteiger partial charge in [0.25, 0.3) is 5.91 Å². The molecule has 3 rings (SSSR count). The Morgan fingerprint density at radius 3 is 2.85 bits per heavy atom. The summed E-state index contributed by atoms with van der Waals surface area (Å²) in [5.74, 6) is -0.172. The van der Waals surface area contributed by atoms with E-state index in [0.717, 1.165) is 41.4 Å². The number of ether oxygens (including phenoxy) is 1. The second kappa shape index (κ2) is 7.94. The molecule has 0 aliphatic heterocycles. The lowest BCUT2D eigenvalue weighted by molar-refractivity contribution is -0.154. The summed E-state index contributed by atoms with van der Waals surface area (Å²) in [5.41, 5.74) is 2.63. The molecule has 1 heterocycles. The summed E-state index contributed by atoms with van der Waals surface area (Å²) in [5, 5.41) is 3.94. The number of rotatable bonds is 5. The van der Waals surface area contributed by atoms with Crippen LogP contribution in [0.25, 0.3) is 11.0 Å². The molecule has 1 amide bonds. The van der Waals surface area contributed by atoms with Crippen molar-refractivity contribution in [3.63, 3.8) is 0 Å². The van der Waals surface area contributed by atoms with Crippen LogP contribution in [0.5, 0.6) is 0 Å². The third-order valence-corrected chi connectivity index (χ3v) is 5.26. The van der Waals surface area contributed by atoms with E-state index in [2.05, 4.69) is 12.2 Å². The Kier molecular flexibility index (Phi) is 5.64. The third kappa shape index (κ3) is 4.26. The summed E-state index contributed by atoms with van der Waals surface area (Å²) in [6.45, 7) is 5.77. The number of hydrogen-bond donors (Lipinski definition) is 1. The molecule has 2 aromatic rings. The fourth-order valence-electron chi connectivity index (χ4n) is 3.61. The van der Waals surface area contributed by atoms with Gasteiger partial charge in [-0.25, -0.2) is 0 Å². The van der Waals surface area contributed by atoms with Gasteiger partial charge in [0.2, 0.25) is 0 Å². The minimum atomic E-state index is -0.794. The molecule has 1 aromatic heterocycles. The zero-order valence-corrected chi connectivity index (χ0v) is 15.7. The van der Waals surface area contributed by atoms with E-state index in [-0.39, 0.29) is 18.4 Å². The van der Waals surface area contributed by atoms with Crippen LogP contribution >= 0.6 is 0 Å². The predicted molar refractivity (Wildman–Crippen MR) is 99.8 cm³/mol. The van der Waals surface area contributed by atoms with Crippen molar-refractivity contribution >= 4 is 22.8 Å². The van der Waals surface area contributed by atoms with Crippen LogP contribution in [0.4, 0.5) is 0 Å². The lowest BCUT2D eigenvalue weighted by Crippen LogP contribution is -2.46. The monoisotopic (exact) mass is 357 g/mol. The van der Waals surface area contributed by atoms with Crippen molar-refractivity contribution in [1.82, 2.24) is 5.32 Å². The lowest BCUT2D eigenvalue weighted by atomic mass is 9.86. The number of esters is 1. The summed E-state index contributed by atoms with van der Waals surface area (Å²) < 4.78 is 10.9. The summed E-state index contributed by atoms with van der Waals surface area (Å²) in [4.78, 5) is 24.6. The first-order chi connectivity index (χ1) is 12.4. The van der Waals surface area contributed by atoms with Crippen LogP contribution in [0.3, 0.4) is 0 Å². The van der Waals surface area contributed by atoms with E-state index in [0.29, 0.717) is 5.92 Å². The maximum absolute atomic E-state index is 12.3. The number of amides is 1. The van der Waals surface area contributed by atoms with E-state index in [4.69, 9.17) is 9.15 Å². The van der Waals surface area contributed by atoms with Crippen molar-refractivity contribution in [2.45, 2.75) is 65.0 Å². The van der Waals surface area contributed by atoms with Gasteiger partial charge in [0.05, 0.1) is 12.7 Å². The fraction of sp³-hybridized carbons (Fsp3) is 0.524. The Balaban J connectivity index is 1.55. The minimum Gasteiger partial charge on any atom is -0.464 e. The van der Waals surface area contributed by atoms with Gasteiger partial charge >= 0.3 is 5.97 Å². The Morgan fingerprint density at radius 2 is 2.08 bits per heavy atom. The van der Waals surface area contributed by atoms with E-state index >= 15 is 0 Å². The van der Waals surface area contributed by atoms with Gasteiger partial charge in [0.1, 0.15) is 5.58 Å². The molecule has 0 radical (unpaired) electrons. The van der Waals surface area contributed by atoms with E-state index in [9.17, 15) is 9.59 Å². The van der Waals surface area contributed by atoms with Crippen LogP contribution in [0.2, 0.25) is 0 Å². The zero-order valence-electron chi connectivity index (χ0n) is 15.7. The lowest BCUT2D eigenvalue weighted by Gasteiger charge is -2.30. The summed E-state index contributed by atoms with van der Waals surface area (Å²) in [7, 11) is 0. The molecule has 5 nitrogen and oxygen atoms in total. The molecule has 0 bridgehead atoms. The largest absolute Gasteiger partial charge is 0.464 e. The first-order valence-corrected chi connectivity index (χ1v) is 9.40. The number of carbonyl (C=O) groups is 2. The van der Waals surface area contributed by atoms with Crippen molar-refractivity contribution in [1.29, 1.82) is 0 Å². The molecule has 1 saturated carbocycles. The van der Waals surface area contributed by atoms with Gasteiger partial charge in [0.15, 0.2) is 6.10 Å². The molecule has 1 aliphatic carbocycles. The smallest absolute Gasteiger partial charge is 0.311 e. The number of benzene rings is 1. The molecule has 5 heteroatoms. The Morgan fingerprint density at radius 1 is 1.31 bits per heavy atom. The zero-order chi connectivity index (χ0) is 18.7. The maximum atomic E-state index is 12.3. The average Bonchev–Trinajstić information content (AvgIpc) is 2.98. The molecule has 1 N–H and O–H groups in total. The van der Waals surface area contributed by atoms with Crippen LogP contribution in [-0.4, -0.2) is 24.0 Å². The Hall–Kier alpha value is -2.30. The molecule has 0 spiro atoms. The van der Waals surface area contributed by atoms with Crippen molar-refractivity contribution in [2.24, 2.45) is 5.92 Å². The first-order valence-electron chi connectivity index (χ1n) is 9.40. The second-order valence-electron chi connectivity index (χ2n) is 7.45. The highest BCUT2D eigenvalue weighted by atomic mass is 16.5. The van der Waals surface area contributed by atoms with Crippen molar-refractivity contribution in [3.8, 4) is 0 Å². The SMILES string of the molecule is Cc1ccc2c(CC(=O)O[C@H](C)C(=O)N[C@@H]3CCCC[C@H]3C)coc2c1. The molecule has 1 fully saturated rings. The standard InChI is InChI=1S/C21H27NO4/c1-13-8-9-17-16(12-25-19(17)10-13)11-20(23)26-15(3)21(24)22-18-7-5-4-6-14(18)2/h8-10,12,14-15,18H,4-7,11H2,1-3H3,(H,22,24)/t14-,15-,18-/m1/s1. The van der Waals surface area contributed by atoms with Crippen LogP contribution in [0.15, 0.2) is 28.9 Å². The molecule has 1 aromatic carbocycles. The molecule has 0 unspecified atom stereocenters. The van der Waals surface area contributed by atoms with Gasteiger partial charge in [0, 0.05) is 17.0 Å². The minimum absolute atomic E-state index is 0.0908. The molecule has 0 saturated heterocycles. The maximum Gasteiger partial charge on any atom is 0.311 e. The highest BCUT2D eigenvalue weighted by Gasteiger charge is 2.26. The summed E-state index contributed by atoms with van der Waals surface area (Å²) in [6.07, 6.45) is 5.36. The van der Waals surface area contributed by atoms with Crippen LogP contribution in [0, 0.1) is 12.8 Å². The molecule has 140 valence electrons. The van der Waals surface area contributed by atoms with E-state index in [1.807, 2.05) is 25.1 Å². The number of hydrogen-bond acceptors (Lipinski definition) is 4. The summed E-state index contributed by atoms with van der Waals surface area (Å²) in [6, 6.07) is 6.04. The van der Waals surface area contributed by atoms with Gasteiger partial charge in [-0.05, 0) is 44.2 Å². The predicted octanol–water partition coefficient (Wildman–Crippen LogP) is 3.91. The normalized spacial score (nSPS) is 21.3. The van der Waals surface area contributed by atoms with Crippen molar-refractivity contribution in [2.75, 3.05) is 0 Å². The number of furan rings is 1. The number of nitrogens with one attached hydrogen (secondary N) is 1. The molecular formula is C21H27NO4. The highest BCUT2D eigenvalue weighted by Crippen LogP contribution is 2.24. The summed E-state index contributed by atoms with van der Waals surface area (Å²) >= 11 is 0. The van der Waals surface area contributed by atoms with E-state index < -0.39 is 12.1 Å². The average molecular weight is 357 g/mol. The van der Waals surface area contributed by atoms with Gasteiger partial charge in [-0.15, -0.1) is 0 Å². The van der Waals surface area contributed by atoms with Gasteiger partial charge in [-0.1, -0.05) is 31.9 Å². The van der Waals surface area contributed by atoms with Gasteiger partial charge in [-0.3, -0.25) is 9.59 Å². The van der Waals surface area contributed by atoms with Crippen molar-refractivity contribution < 1.29 is 18.7 Å². The van der Waals surface area contributed by atoms with E-state index in [1.165, 1.54) is 6.42 Å².